The molecule has 8 nitrogen and oxygen atoms in total. The first-order valence-corrected chi connectivity index (χ1v) is 11.6. The Morgan fingerprint density at radius 3 is 2.31 bits per heavy atom. The van der Waals surface area contributed by atoms with E-state index in [9.17, 15) is 10.1 Å². The molecule has 0 radical (unpaired) electrons. The largest absolute Gasteiger partial charge is 0.494 e. The van der Waals surface area contributed by atoms with Gasteiger partial charge in [-0.1, -0.05) is 18.2 Å². The summed E-state index contributed by atoms with van der Waals surface area (Å²) in [4.78, 5) is 12.8. The second-order valence-corrected chi connectivity index (χ2v) is 8.28. The Bertz CT molecular complexity index is 1120. The summed E-state index contributed by atoms with van der Waals surface area (Å²) in [5.74, 6) is 2.90. The number of benzene rings is 3. The van der Waals surface area contributed by atoms with Crippen LogP contribution in [0.3, 0.4) is 0 Å². The molecule has 0 N–H and O–H groups in total. The van der Waals surface area contributed by atoms with Gasteiger partial charge in [0, 0.05) is 25.2 Å². The zero-order valence-electron chi connectivity index (χ0n) is 20.0. The minimum Gasteiger partial charge on any atom is -0.494 e. The van der Waals surface area contributed by atoms with E-state index in [4.69, 9.17) is 18.9 Å². The smallest absolute Gasteiger partial charge is 0.269 e. The number of para-hydroxylation sites is 1. The Morgan fingerprint density at radius 1 is 0.943 bits per heavy atom. The molecule has 8 heteroatoms. The minimum absolute atomic E-state index is 0.0534. The van der Waals surface area contributed by atoms with Crippen LogP contribution >= 0.6 is 0 Å². The molecule has 0 spiro atoms. The Balaban J connectivity index is 1.44. The molecule has 1 unspecified atom stereocenters. The molecule has 0 amide bonds. The van der Waals surface area contributed by atoms with Crippen LogP contribution in [0.1, 0.15) is 23.6 Å². The van der Waals surface area contributed by atoms with Gasteiger partial charge in [0.05, 0.1) is 31.8 Å². The van der Waals surface area contributed by atoms with Crippen LogP contribution in [0.4, 0.5) is 5.69 Å². The van der Waals surface area contributed by atoms with Gasteiger partial charge in [-0.15, -0.1) is 0 Å². The fourth-order valence-electron chi connectivity index (χ4n) is 4.36. The summed E-state index contributed by atoms with van der Waals surface area (Å²) in [7, 11) is 3.30. The quantitative estimate of drug-likeness (QED) is 0.216. The maximum absolute atomic E-state index is 10.8. The standard InChI is InChI=1S/C27H30N2O6/c1-32-26-17-20-13-15-28(14-6-16-34-23-11-9-21(10-12-23)29(30)31)25(24(20)18-27(26)33-2)19-35-22-7-4-3-5-8-22/h3-5,7-12,17-18,25H,6,13-16,19H2,1-2H3. The molecule has 3 aromatic rings. The van der Waals surface area contributed by atoms with Crippen molar-refractivity contribution in [3.05, 3.63) is 88.0 Å². The monoisotopic (exact) mass is 478 g/mol. The molecule has 1 atom stereocenters. The highest BCUT2D eigenvalue weighted by Gasteiger charge is 2.29. The maximum atomic E-state index is 10.8. The summed E-state index contributed by atoms with van der Waals surface area (Å²) in [5, 5.41) is 10.8. The number of hydrogen-bond acceptors (Lipinski definition) is 7. The first kappa shape index (κ1) is 24.3. The number of hydrogen-bond donors (Lipinski definition) is 0. The lowest BCUT2D eigenvalue weighted by atomic mass is 9.92. The fraction of sp³-hybridized carbons (Fsp3) is 0.333. The van der Waals surface area contributed by atoms with E-state index < -0.39 is 4.92 Å². The molecular weight excluding hydrogens is 448 g/mol. The molecular formula is C27H30N2O6. The summed E-state index contributed by atoms with van der Waals surface area (Å²) in [6, 6.07) is 20.2. The summed E-state index contributed by atoms with van der Waals surface area (Å²) >= 11 is 0. The van der Waals surface area contributed by atoms with Gasteiger partial charge in [-0.3, -0.25) is 15.0 Å². The Kier molecular flexibility index (Phi) is 8.05. The molecule has 0 fully saturated rings. The van der Waals surface area contributed by atoms with E-state index in [1.54, 1.807) is 26.4 Å². The first-order valence-electron chi connectivity index (χ1n) is 11.6. The summed E-state index contributed by atoms with van der Waals surface area (Å²) in [6.07, 6.45) is 1.71. The number of ether oxygens (including phenoxy) is 4. The lowest BCUT2D eigenvalue weighted by Gasteiger charge is -2.37. The Hall–Kier alpha value is -3.78. The first-order chi connectivity index (χ1) is 17.1. The molecule has 4 rings (SSSR count). The van der Waals surface area contributed by atoms with E-state index in [-0.39, 0.29) is 11.7 Å². The molecule has 35 heavy (non-hydrogen) atoms. The van der Waals surface area contributed by atoms with Crippen molar-refractivity contribution in [2.45, 2.75) is 18.9 Å². The topological polar surface area (TPSA) is 83.3 Å². The molecule has 184 valence electrons. The van der Waals surface area contributed by atoms with Crippen LogP contribution < -0.4 is 18.9 Å². The van der Waals surface area contributed by atoms with Crippen LogP contribution in [-0.4, -0.2) is 50.3 Å². The average molecular weight is 479 g/mol. The molecule has 1 aliphatic rings. The van der Waals surface area contributed by atoms with Gasteiger partial charge < -0.3 is 18.9 Å². The number of nitro benzene ring substituents is 1. The highest BCUT2D eigenvalue weighted by atomic mass is 16.6. The van der Waals surface area contributed by atoms with Crippen molar-refractivity contribution < 1.29 is 23.9 Å². The zero-order valence-corrected chi connectivity index (χ0v) is 20.0. The summed E-state index contributed by atoms with van der Waals surface area (Å²) < 4.78 is 23.1. The van der Waals surface area contributed by atoms with Crippen LogP contribution in [0.15, 0.2) is 66.7 Å². The average Bonchev–Trinajstić information content (AvgIpc) is 2.90. The van der Waals surface area contributed by atoms with Crippen LogP contribution in [0.2, 0.25) is 0 Å². The number of methoxy groups -OCH3 is 2. The van der Waals surface area contributed by atoms with E-state index >= 15 is 0 Å². The SMILES string of the molecule is COc1cc2c(cc1OC)C(COc1ccccc1)N(CCCOc1ccc([N+](=O)[O-])cc1)CC2. The van der Waals surface area contributed by atoms with Gasteiger partial charge in [0.15, 0.2) is 11.5 Å². The molecule has 0 saturated heterocycles. The van der Waals surface area contributed by atoms with Crippen molar-refractivity contribution in [3.63, 3.8) is 0 Å². The van der Waals surface area contributed by atoms with Gasteiger partial charge in [0.25, 0.3) is 5.69 Å². The van der Waals surface area contributed by atoms with E-state index in [1.165, 1.54) is 23.3 Å². The van der Waals surface area contributed by atoms with Gasteiger partial charge in [-0.25, -0.2) is 0 Å². The maximum Gasteiger partial charge on any atom is 0.269 e. The van der Waals surface area contributed by atoms with Crippen molar-refractivity contribution >= 4 is 5.69 Å². The van der Waals surface area contributed by atoms with Gasteiger partial charge in [-0.2, -0.15) is 0 Å². The van der Waals surface area contributed by atoms with Gasteiger partial charge >= 0.3 is 0 Å². The Morgan fingerprint density at radius 2 is 1.63 bits per heavy atom. The molecule has 0 saturated carbocycles. The summed E-state index contributed by atoms with van der Waals surface area (Å²) in [5.41, 5.74) is 2.47. The molecule has 0 aromatic heterocycles. The van der Waals surface area contributed by atoms with Crippen LogP contribution in [0.25, 0.3) is 0 Å². The van der Waals surface area contributed by atoms with Crippen molar-refractivity contribution in [1.82, 2.24) is 4.90 Å². The summed E-state index contributed by atoms with van der Waals surface area (Å²) in [6.45, 7) is 2.74. The predicted molar refractivity (Wildman–Crippen MR) is 133 cm³/mol. The lowest BCUT2D eigenvalue weighted by Crippen LogP contribution is -2.39. The molecule has 0 bridgehead atoms. The molecule has 1 aliphatic heterocycles. The second-order valence-electron chi connectivity index (χ2n) is 8.28. The van der Waals surface area contributed by atoms with E-state index in [0.29, 0.717) is 24.7 Å². The van der Waals surface area contributed by atoms with Crippen molar-refractivity contribution in [1.29, 1.82) is 0 Å². The predicted octanol–water partition coefficient (Wildman–Crippen LogP) is 5.06. The van der Waals surface area contributed by atoms with Crippen LogP contribution in [0.5, 0.6) is 23.0 Å². The number of fused-ring (bicyclic) bond motifs is 1. The third-order valence-electron chi connectivity index (χ3n) is 6.17. The van der Waals surface area contributed by atoms with Crippen molar-refractivity contribution in [2.75, 3.05) is 40.5 Å². The third kappa shape index (κ3) is 6.02. The second kappa shape index (κ2) is 11.6. The molecule has 3 aromatic carbocycles. The van der Waals surface area contributed by atoms with Crippen LogP contribution in [-0.2, 0) is 6.42 Å². The van der Waals surface area contributed by atoms with E-state index in [2.05, 4.69) is 17.0 Å². The minimum atomic E-state index is -0.416. The van der Waals surface area contributed by atoms with E-state index in [0.717, 1.165) is 37.4 Å². The molecule has 0 aliphatic carbocycles. The Labute approximate surface area is 205 Å². The van der Waals surface area contributed by atoms with Gasteiger partial charge in [0.1, 0.15) is 18.1 Å². The highest BCUT2D eigenvalue weighted by Crippen LogP contribution is 2.38. The van der Waals surface area contributed by atoms with Gasteiger partial charge in [0.2, 0.25) is 0 Å². The van der Waals surface area contributed by atoms with Crippen LogP contribution in [0, 0.1) is 10.1 Å². The normalized spacial score (nSPS) is 15.2. The number of rotatable bonds is 11. The fourth-order valence-corrected chi connectivity index (χ4v) is 4.36. The molecule has 1 heterocycles. The van der Waals surface area contributed by atoms with Crippen molar-refractivity contribution in [3.8, 4) is 23.0 Å². The lowest BCUT2D eigenvalue weighted by molar-refractivity contribution is -0.384. The zero-order chi connectivity index (χ0) is 24.6. The highest BCUT2D eigenvalue weighted by molar-refractivity contribution is 5.49. The van der Waals surface area contributed by atoms with Gasteiger partial charge in [-0.05, 0) is 60.4 Å². The number of nitrogens with zero attached hydrogens (tertiary/aromatic N) is 2. The number of non-ortho nitro benzene ring substituents is 1. The van der Waals surface area contributed by atoms with Crippen molar-refractivity contribution in [2.24, 2.45) is 0 Å². The van der Waals surface area contributed by atoms with E-state index in [1.807, 2.05) is 30.3 Å². The number of nitro groups is 1. The third-order valence-corrected chi connectivity index (χ3v) is 6.17.